The minimum absolute atomic E-state index is 0. The lowest BCUT2D eigenvalue weighted by molar-refractivity contribution is -0.132. The van der Waals surface area contributed by atoms with E-state index < -0.39 is 10.0 Å². The van der Waals surface area contributed by atoms with Crippen LogP contribution in [0.5, 0.6) is 0 Å². The molecular formula is C20H34ClN3O3S. The first-order valence-corrected chi connectivity index (χ1v) is 11.2. The molecule has 2 N–H and O–H groups in total. The minimum atomic E-state index is -3.61. The maximum absolute atomic E-state index is 12.6. The molecule has 0 aromatic heterocycles. The van der Waals surface area contributed by atoms with Crippen molar-refractivity contribution in [3.8, 4) is 0 Å². The quantitative estimate of drug-likeness (QED) is 0.663. The Morgan fingerprint density at radius 1 is 1.11 bits per heavy atom. The highest BCUT2D eigenvalue weighted by molar-refractivity contribution is 7.89. The number of hydrogen-bond acceptors (Lipinski definition) is 4. The van der Waals surface area contributed by atoms with E-state index in [1.54, 1.807) is 13.8 Å². The molecule has 1 aliphatic heterocycles. The van der Waals surface area contributed by atoms with Crippen LogP contribution in [0.3, 0.4) is 0 Å². The summed E-state index contributed by atoms with van der Waals surface area (Å²) in [5, 5.41) is 3.17. The molecule has 1 aliphatic rings. The number of hydrogen-bond donors (Lipinski definition) is 2. The number of piperidine rings is 1. The van der Waals surface area contributed by atoms with Crippen LogP contribution in [0.15, 0.2) is 17.0 Å². The fraction of sp³-hybridized carbons (Fsp3) is 0.650. The maximum Gasteiger partial charge on any atom is 0.241 e. The number of nitrogens with one attached hydrogen (secondary N) is 2. The molecule has 2 rings (SSSR count). The van der Waals surface area contributed by atoms with E-state index in [0.717, 1.165) is 55.6 Å². The lowest BCUT2D eigenvalue weighted by Gasteiger charge is -2.32. The average molecular weight is 432 g/mol. The van der Waals surface area contributed by atoms with Gasteiger partial charge >= 0.3 is 0 Å². The van der Waals surface area contributed by atoms with Gasteiger partial charge in [-0.2, -0.15) is 0 Å². The van der Waals surface area contributed by atoms with Crippen LogP contribution in [0.4, 0.5) is 0 Å². The van der Waals surface area contributed by atoms with E-state index in [1.807, 2.05) is 31.0 Å². The summed E-state index contributed by atoms with van der Waals surface area (Å²) in [5.41, 5.74) is 2.50. The predicted molar refractivity (Wildman–Crippen MR) is 116 cm³/mol. The van der Waals surface area contributed by atoms with Crippen LogP contribution in [0, 0.1) is 26.7 Å². The van der Waals surface area contributed by atoms with Gasteiger partial charge in [0.1, 0.15) is 0 Å². The Labute approximate surface area is 175 Å². The number of sulfonamides is 1. The number of carbonyl (C=O) groups excluding carboxylic acids is 1. The molecule has 0 saturated carbocycles. The van der Waals surface area contributed by atoms with Gasteiger partial charge in [0.05, 0.1) is 4.90 Å². The van der Waals surface area contributed by atoms with Crippen LogP contribution in [0.25, 0.3) is 0 Å². The highest BCUT2D eigenvalue weighted by atomic mass is 35.5. The zero-order valence-corrected chi connectivity index (χ0v) is 19.0. The summed E-state index contributed by atoms with van der Waals surface area (Å²) in [6, 6.07) is 3.73. The van der Waals surface area contributed by atoms with Crippen molar-refractivity contribution >= 4 is 28.3 Å². The SMILES string of the molecule is CNCCC1CCN(C(=O)CCNS(=O)(=O)c2c(C)cc(C)cc2C)CC1.Cl. The molecule has 8 heteroatoms. The average Bonchev–Trinajstić information content (AvgIpc) is 2.59. The Bertz CT molecular complexity index is 737. The number of nitrogens with zero attached hydrogens (tertiary/aromatic N) is 1. The Hall–Kier alpha value is -1.15. The molecule has 0 aliphatic carbocycles. The van der Waals surface area contributed by atoms with Crippen molar-refractivity contribution in [1.29, 1.82) is 0 Å². The van der Waals surface area contributed by atoms with E-state index in [-0.39, 0.29) is 31.3 Å². The number of halogens is 1. The lowest BCUT2D eigenvalue weighted by atomic mass is 9.93. The second-order valence-electron chi connectivity index (χ2n) is 7.59. The molecule has 6 nitrogen and oxygen atoms in total. The van der Waals surface area contributed by atoms with Crippen LogP contribution in [-0.4, -0.2) is 52.5 Å². The number of rotatable bonds is 8. The molecule has 0 bridgehead atoms. The molecule has 0 unspecified atom stereocenters. The first kappa shape index (κ1) is 24.9. The molecule has 28 heavy (non-hydrogen) atoms. The number of carbonyl (C=O) groups is 1. The predicted octanol–water partition coefficient (Wildman–Crippen LogP) is 2.55. The van der Waals surface area contributed by atoms with Crippen molar-refractivity contribution in [3.63, 3.8) is 0 Å². The Balaban J connectivity index is 0.00000392. The van der Waals surface area contributed by atoms with E-state index >= 15 is 0 Å². The summed E-state index contributed by atoms with van der Waals surface area (Å²) >= 11 is 0. The third-order valence-corrected chi connectivity index (χ3v) is 7.04. The van der Waals surface area contributed by atoms with Gasteiger partial charge < -0.3 is 10.2 Å². The standard InChI is InChI=1S/C20H33N3O3S.ClH/c1-15-13-16(2)20(17(3)14-15)27(25,26)22-10-6-19(24)23-11-7-18(8-12-23)5-9-21-4;/h13-14,18,21-22H,5-12H2,1-4H3;1H. The molecule has 1 aromatic carbocycles. The molecule has 0 atom stereocenters. The van der Waals surface area contributed by atoms with E-state index in [4.69, 9.17) is 0 Å². The van der Waals surface area contributed by atoms with Gasteiger partial charge in [0, 0.05) is 26.1 Å². The van der Waals surface area contributed by atoms with Crippen molar-refractivity contribution < 1.29 is 13.2 Å². The lowest BCUT2D eigenvalue weighted by Crippen LogP contribution is -2.40. The third-order valence-electron chi connectivity index (χ3n) is 5.27. The van der Waals surface area contributed by atoms with Crippen LogP contribution in [0.1, 0.15) is 42.4 Å². The summed E-state index contributed by atoms with van der Waals surface area (Å²) in [7, 11) is -1.65. The van der Waals surface area contributed by atoms with E-state index in [0.29, 0.717) is 10.8 Å². The zero-order valence-electron chi connectivity index (χ0n) is 17.4. The fourth-order valence-corrected chi connectivity index (χ4v) is 5.41. The highest BCUT2D eigenvalue weighted by Crippen LogP contribution is 2.22. The molecule has 1 heterocycles. The topological polar surface area (TPSA) is 78.5 Å². The van der Waals surface area contributed by atoms with Gasteiger partial charge in [-0.1, -0.05) is 17.7 Å². The summed E-state index contributed by atoms with van der Waals surface area (Å²) in [6.07, 6.45) is 3.40. The Morgan fingerprint density at radius 2 is 1.68 bits per heavy atom. The number of likely N-dealkylation sites (tertiary alicyclic amines) is 1. The van der Waals surface area contributed by atoms with Gasteiger partial charge in [0.2, 0.25) is 15.9 Å². The zero-order chi connectivity index (χ0) is 20.0. The van der Waals surface area contributed by atoms with Crippen LogP contribution in [0.2, 0.25) is 0 Å². The first-order valence-electron chi connectivity index (χ1n) is 9.74. The summed E-state index contributed by atoms with van der Waals surface area (Å²) in [5.74, 6) is 0.703. The van der Waals surface area contributed by atoms with Gasteiger partial charge in [0.25, 0.3) is 0 Å². The van der Waals surface area contributed by atoms with E-state index in [1.165, 1.54) is 0 Å². The van der Waals surface area contributed by atoms with Crippen molar-refractivity contribution in [3.05, 3.63) is 28.8 Å². The highest BCUT2D eigenvalue weighted by Gasteiger charge is 2.24. The summed E-state index contributed by atoms with van der Waals surface area (Å²) in [6.45, 7) is 8.25. The smallest absolute Gasteiger partial charge is 0.241 e. The molecular weight excluding hydrogens is 398 g/mol. The summed E-state index contributed by atoms with van der Waals surface area (Å²) in [4.78, 5) is 14.6. The van der Waals surface area contributed by atoms with Gasteiger partial charge in [-0.15, -0.1) is 12.4 Å². The third kappa shape index (κ3) is 6.72. The van der Waals surface area contributed by atoms with Gasteiger partial charge in [-0.25, -0.2) is 13.1 Å². The fourth-order valence-electron chi connectivity index (χ4n) is 3.93. The summed E-state index contributed by atoms with van der Waals surface area (Å²) < 4.78 is 27.9. The van der Waals surface area contributed by atoms with Crippen molar-refractivity contribution in [2.75, 3.05) is 33.2 Å². The van der Waals surface area contributed by atoms with Crippen molar-refractivity contribution in [2.24, 2.45) is 5.92 Å². The molecule has 0 spiro atoms. The van der Waals surface area contributed by atoms with Crippen molar-refractivity contribution in [2.45, 2.75) is 51.3 Å². The van der Waals surface area contributed by atoms with Crippen LogP contribution < -0.4 is 10.0 Å². The van der Waals surface area contributed by atoms with Crippen LogP contribution >= 0.6 is 12.4 Å². The van der Waals surface area contributed by atoms with Gasteiger partial charge in [-0.3, -0.25) is 4.79 Å². The van der Waals surface area contributed by atoms with Gasteiger partial charge in [0.15, 0.2) is 0 Å². The minimum Gasteiger partial charge on any atom is -0.343 e. The molecule has 1 amide bonds. The maximum atomic E-state index is 12.6. The molecule has 1 saturated heterocycles. The van der Waals surface area contributed by atoms with Gasteiger partial charge in [-0.05, 0) is 70.7 Å². The second-order valence-corrected chi connectivity index (χ2v) is 9.30. The Kier molecular flexibility index (Phi) is 9.90. The molecule has 1 aromatic rings. The number of benzene rings is 1. The van der Waals surface area contributed by atoms with E-state index in [2.05, 4.69) is 10.0 Å². The number of aryl methyl sites for hydroxylation is 3. The van der Waals surface area contributed by atoms with E-state index in [9.17, 15) is 13.2 Å². The molecule has 160 valence electrons. The largest absolute Gasteiger partial charge is 0.343 e. The van der Waals surface area contributed by atoms with Crippen LogP contribution in [-0.2, 0) is 14.8 Å². The molecule has 1 fully saturated rings. The monoisotopic (exact) mass is 431 g/mol. The Morgan fingerprint density at radius 3 is 2.21 bits per heavy atom. The number of amides is 1. The normalized spacial score (nSPS) is 15.4. The molecule has 0 radical (unpaired) electrons. The van der Waals surface area contributed by atoms with Crippen molar-refractivity contribution in [1.82, 2.24) is 14.9 Å². The first-order chi connectivity index (χ1) is 12.7. The second kappa shape index (κ2) is 11.1.